The molecule has 1 fully saturated rings. The van der Waals surface area contributed by atoms with E-state index in [4.69, 9.17) is 16.3 Å². The van der Waals surface area contributed by atoms with Crippen molar-refractivity contribution in [3.63, 3.8) is 0 Å². The number of anilines is 1. The largest absolute Gasteiger partial charge is 0.394 e. The van der Waals surface area contributed by atoms with Gasteiger partial charge < -0.3 is 19.8 Å². The third kappa shape index (κ3) is 2.72. The summed E-state index contributed by atoms with van der Waals surface area (Å²) in [5.41, 5.74) is 0.505. The fourth-order valence-electron chi connectivity index (χ4n) is 2.11. The monoisotopic (exact) mass is 273 g/mol. The Hall–Kier alpha value is -0.950. The quantitative estimate of drug-likeness (QED) is 0.767. The molecule has 1 aromatic heterocycles. The van der Waals surface area contributed by atoms with Gasteiger partial charge in [0.15, 0.2) is 0 Å². The highest BCUT2D eigenvalue weighted by Crippen LogP contribution is 2.26. The Balaban J connectivity index is 2.27. The van der Waals surface area contributed by atoms with Crippen LogP contribution in [0.3, 0.4) is 0 Å². The maximum atomic E-state index is 9.35. The summed E-state index contributed by atoms with van der Waals surface area (Å²) in [6.07, 6.45) is 1.09. The van der Waals surface area contributed by atoms with Gasteiger partial charge in [-0.3, -0.25) is 0 Å². The van der Waals surface area contributed by atoms with Gasteiger partial charge in [0.25, 0.3) is 0 Å². The van der Waals surface area contributed by atoms with Gasteiger partial charge in [0.05, 0.1) is 31.0 Å². The maximum absolute atomic E-state index is 9.35. The summed E-state index contributed by atoms with van der Waals surface area (Å²) in [5.74, 6) is 0.603. The molecular formula is C11H16ClN3O3. The van der Waals surface area contributed by atoms with Crippen LogP contribution in [0.2, 0.25) is 5.15 Å². The van der Waals surface area contributed by atoms with E-state index < -0.39 is 0 Å². The maximum Gasteiger partial charge on any atom is 0.140 e. The molecule has 1 saturated heterocycles. The Labute approximate surface area is 110 Å². The van der Waals surface area contributed by atoms with Crippen molar-refractivity contribution in [2.75, 3.05) is 24.6 Å². The molecule has 0 saturated carbocycles. The van der Waals surface area contributed by atoms with Crippen molar-refractivity contribution in [1.29, 1.82) is 0 Å². The molecule has 2 unspecified atom stereocenters. The van der Waals surface area contributed by atoms with Crippen LogP contribution in [-0.2, 0) is 11.3 Å². The zero-order chi connectivity index (χ0) is 13.1. The lowest BCUT2D eigenvalue weighted by Gasteiger charge is -2.37. The molecule has 0 aliphatic carbocycles. The normalized spacial score (nSPS) is 24.3. The van der Waals surface area contributed by atoms with Crippen molar-refractivity contribution in [1.82, 2.24) is 9.97 Å². The van der Waals surface area contributed by atoms with E-state index in [2.05, 4.69) is 9.97 Å². The zero-order valence-corrected chi connectivity index (χ0v) is 10.8. The second kappa shape index (κ2) is 5.79. The Morgan fingerprint density at radius 2 is 2.22 bits per heavy atom. The minimum Gasteiger partial charge on any atom is -0.394 e. The first-order chi connectivity index (χ1) is 8.65. The molecule has 2 atom stereocenters. The van der Waals surface area contributed by atoms with Gasteiger partial charge in [-0.05, 0) is 6.92 Å². The van der Waals surface area contributed by atoms with Crippen LogP contribution in [0.1, 0.15) is 12.5 Å². The molecule has 2 rings (SSSR count). The van der Waals surface area contributed by atoms with Crippen LogP contribution in [0.15, 0.2) is 6.33 Å². The van der Waals surface area contributed by atoms with Crippen LogP contribution in [-0.4, -0.2) is 52.1 Å². The number of rotatable bonds is 3. The van der Waals surface area contributed by atoms with Gasteiger partial charge in [0.2, 0.25) is 0 Å². The number of aromatic nitrogens is 2. The van der Waals surface area contributed by atoms with Crippen LogP contribution in [0, 0.1) is 0 Å². The first-order valence-corrected chi connectivity index (χ1v) is 6.15. The number of aliphatic hydroxyl groups excluding tert-OH is 2. The highest BCUT2D eigenvalue weighted by atomic mass is 35.5. The van der Waals surface area contributed by atoms with Gasteiger partial charge in [-0.15, -0.1) is 0 Å². The molecule has 0 aromatic carbocycles. The molecule has 7 heteroatoms. The fourth-order valence-corrected chi connectivity index (χ4v) is 2.30. The predicted octanol–water partition coefficient (Wildman–Crippen LogP) is 0.208. The van der Waals surface area contributed by atoms with Gasteiger partial charge in [-0.25, -0.2) is 9.97 Å². The summed E-state index contributed by atoms with van der Waals surface area (Å²) in [5, 5.41) is 18.8. The van der Waals surface area contributed by atoms with E-state index in [0.29, 0.717) is 24.5 Å². The summed E-state index contributed by atoms with van der Waals surface area (Å²) in [6.45, 7) is 2.81. The average molecular weight is 274 g/mol. The fraction of sp³-hybridized carbons (Fsp3) is 0.636. The number of halogens is 1. The molecule has 0 spiro atoms. The van der Waals surface area contributed by atoms with Crippen LogP contribution < -0.4 is 4.90 Å². The number of aliphatic hydroxyl groups is 2. The predicted molar refractivity (Wildman–Crippen MR) is 66.6 cm³/mol. The number of ether oxygens (including phenoxy) is 1. The molecule has 100 valence electrons. The summed E-state index contributed by atoms with van der Waals surface area (Å²) >= 11 is 5.94. The van der Waals surface area contributed by atoms with Crippen LogP contribution in [0.25, 0.3) is 0 Å². The second-order valence-electron chi connectivity index (χ2n) is 4.28. The molecule has 18 heavy (non-hydrogen) atoms. The van der Waals surface area contributed by atoms with E-state index in [0.717, 1.165) is 0 Å². The van der Waals surface area contributed by atoms with Crippen molar-refractivity contribution in [2.45, 2.75) is 25.7 Å². The molecule has 1 aromatic rings. The molecule has 0 amide bonds. The highest BCUT2D eigenvalue weighted by Gasteiger charge is 2.27. The summed E-state index contributed by atoms with van der Waals surface area (Å²) in [6, 6.07) is 0. The smallest absolute Gasteiger partial charge is 0.140 e. The van der Waals surface area contributed by atoms with Gasteiger partial charge in [0.1, 0.15) is 17.3 Å². The van der Waals surface area contributed by atoms with E-state index >= 15 is 0 Å². The Kier molecular flexibility index (Phi) is 4.34. The number of hydrogen-bond donors (Lipinski definition) is 2. The van der Waals surface area contributed by atoms with Crippen molar-refractivity contribution < 1.29 is 14.9 Å². The van der Waals surface area contributed by atoms with Crippen molar-refractivity contribution in [3.8, 4) is 0 Å². The van der Waals surface area contributed by atoms with E-state index in [1.807, 2.05) is 11.8 Å². The Bertz CT molecular complexity index is 419. The Morgan fingerprint density at radius 3 is 2.89 bits per heavy atom. The summed E-state index contributed by atoms with van der Waals surface area (Å²) in [4.78, 5) is 9.97. The molecule has 2 heterocycles. The number of hydrogen-bond acceptors (Lipinski definition) is 6. The van der Waals surface area contributed by atoms with Gasteiger partial charge in [0, 0.05) is 13.1 Å². The molecule has 1 aliphatic rings. The molecule has 1 aliphatic heterocycles. The highest BCUT2D eigenvalue weighted by molar-refractivity contribution is 6.30. The molecule has 6 nitrogen and oxygen atoms in total. The SMILES string of the molecule is CC1CN(c2ncnc(Cl)c2CO)CC(CO)O1. The molecule has 0 radical (unpaired) electrons. The van der Waals surface area contributed by atoms with E-state index in [1.54, 1.807) is 0 Å². The van der Waals surface area contributed by atoms with E-state index in [9.17, 15) is 10.2 Å². The van der Waals surface area contributed by atoms with Crippen molar-refractivity contribution >= 4 is 17.4 Å². The van der Waals surface area contributed by atoms with E-state index in [-0.39, 0.29) is 30.6 Å². The van der Waals surface area contributed by atoms with Gasteiger partial charge in [-0.2, -0.15) is 0 Å². The third-order valence-corrected chi connectivity index (χ3v) is 3.18. The lowest BCUT2D eigenvalue weighted by atomic mass is 10.2. The van der Waals surface area contributed by atoms with Crippen molar-refractivity contribution in [3.05, 3.63) is 17.0 Å². The third-order valence-electron chi connectivity index (χ3n) is 2.86. The summed E-state index contributed by atoms with van der Waals surface area (Å²) < 4.78 is 5.56. The van der Waals surface area contributed by atoms with Crippen LogP contribution in [0.4, 0.5) is 5.82 Å². The second-order valence-corrected chi connectivity index (χ2v) is 4.64. The first kappa shape index (κ1) is 13.5. The first-order valence-electron chi connectivity index (χ1n) is 5.77. The minimum atomic E-state index is -0.256. The Morgan fingerprint density at radius 1 is 1.44 bits per heavy atom. The van der Waals surface area contributed by atoms with Crippen LogP contribution in [0.5, 0.6) is 0 Å². The molecule has 2 N–H and O–H groups in total. The lowest BCUT2D eigenvalue weighted by molar-refractivity contribution is -0.0423. The van der Waals surface area contributed by atoms with Crippen LogP contribution >= 0.6 is 11.6 Å². The standard InChI is InChI=1S/C11H16ClN3O3/c1-7-2-15(3-8(4-16)18-7)11-9(5-17)10(12)13-6-14-11/h6-8,16-17H,2-5H2,1H3. The zero-order valence-electron chi connectivity index (χ0n) is 10.1. The minimum absolute atomic E-state index is 0.0174. The number of morpholine rings is 1. The van der Waals surface area contributed by atoms with Gasteiger partial charge in [-0.1, -0.05) is 11.6 Å². The lowest BCUT2D eigenvalue weighted by Crippen LogP contribution is -2.48. The molecular weight excluding hydrogens is 258 g/mol. The summed E-state index contributed by atoms with van der Waals surface area (Å²) in [7, 11) is 0. The van der Waals surface area contributed by atoms with E-state index in [1.165, 1.54) is 6.33 Å². The van der Waals surface area contributed by atoms with Gasteiger partial charge >= 0.3 is 0 Å². The topological polar surface area (TPSA) is 78.7 Å². The average Bonchev–Trinajstić information content (AvgIpc) is 2.37. The molecule has 0 bridgehead atoms. The number of nitrogens with zero attached hydrogens (tertiary/aromatic N) is 3. The van der Waals surface area contributed by atoms with Crippen molar-refractivity contribution in [2.24, 2.45) is 0 Å².